The molecule has 0 aliphatic heterocycles. The molecule has 0 spiro atoms. The lowest BCUT2D eigenvalue weighted by atomic mass is 10.1. The van der Waals surface area contributed by atoms with Crippen LogP contribution < -0.4 is 0 Å². The molecular weight excluding hydrogens is 324 g/mol. The molecule has 5 aromatic heterocycles. The first kappa shape index (κ1) is 14.7. The van der Waals surface area contributed by atoms with Gasteiger partial charge >= 0.3 is 0 Å². The zero-order chi connectivity index (χ0) is 17.5. The normalized spacial score (nSPS) is 11.3. The van der Waals surface area contributed by atoms with Crippen LogP contribution in [0.15, 0.2) is 67.1 Å². The molecule has 0 aliphatic rings. The molecule has 6 nitrogen and oxygen atoms in total. The van der Waals surface area contributed by atoms with E-state index in [1.807, 2.05) is 66.1 Å². The van der Waals surface area contributed by atoms with Crippen LogP contribution in [0, 0.1) is 6.92 Å². The standard InChI is InChI=1S/C20H14N6/c1-13-5-2-6-16(23-13)18-19(26-12-4-11-22-20(26)25-18)17-9-8-14-15(24-17)7-3-10-21-14/h2-12H,1H3. The smallest absolute Gasteiger partial charge is 0.234 e. The molecule has 0 saturated heterocycles. The molecule has 0 aromatic carbocycles. The van der Waals surface area contributed by atoms with Crippen LogP contribution >= 0.6 is 0 Å². The zero-order valence-corrected chi connectivity index (χ0v) is 14.0. The van der Waals surface area contributed by atoms with Crippen molar-refractivity contribution in [2.45, 2.75) is 6.92 Å². The van der Waals surface area contributed by atoms with Gasteiger partial charge in [-0.25, -0.2) is 15.0 Å². The molecule has 0 amide bonds. The van der Waals surface area contributed by atoms with E-state index in [1.54, 1.807) is 12.4 Å². The summed E-state index contributed by atoms with van der Waals surface area (Å²) in [7, 11) is 0. The van der Waals surface area contributed by atoms with Gasteiger partial charge in [0.25, 0.3) is 0 Å². The Bertz CT molecular complexity index is 1260. The Hall–Kier alpha value is -3.67. The van der Waals surface area contributed by atoms with Crippen LogP contribution in [-0.2, 0) is 0 Å². The molecule has 5 rings (SSSR count). The number of imidazole rings is 1. The summed E-state index contributed by atoms with van der Waals surface area (Å²) in [6, 6.07) is 15.6. The van der Waals surface area contributed by atoms with Crippen molar-refractivity contribution in [3.63, 3.8) is 0 Å². The van der Waals surface area contributed by atoms with Crippen molar-refractivity contribution in [1.29, 1.82) is 0 Å². The molecule has 0 fully saturated rings. The lowest BCUT2D eigenvalue weighted by Crippen LogP contribution is -1.95. The van der Waals surface area contributed by atoms with Crippen molar-refractivity contribution >= 4 is 16.8 Å². The van der Waals surface area contributed by atoms with Gasteiger partial charge in [0.05, 0.1) is 22.4 Å². The minimum Gasteiger partial charge on any atom is -0.281 e. The van der Waals surface area contributed by atoms with Crippen LogP contribution in [0.2, 0.25) is 0 Å². The molecule has 0 atom stereocenters. The highest BCUT2D eigenvalue weighted by atomic mass is 15.1. The van der Waals surface area contributed by atoms with Gasteiger partial charge in [0.15, 0.2) is 0 Å². The van der Waals surface area contributed by atoms with E-state index in [2.05, 4.69) is 15.0 Å². The minimum atomic E-state index is 0.619. The predicted octanol–water partition coefficient (Wildman–Crippen LogP) is 3.71. The van der Waals surface area contributed by atoms with Crippen molar-refractivity contribution in [1.82, 2.24) is 29.3 Å². The van der Waals surface area contributed by atoms with Gasteiger partial charge in [0, 0.05) is 24.3 Å². The average Bonchev–Trinajstić information content (AvgIpc) is 3.07. The number of hydrogen-bond acceptors (Lipinski definition) is 5. The topological polar surface area (TPSA) is 68.9 Å². The third-order valence-corrected chi connectivity index (χ3v) is 4.23. The summed E-state index contributed by atoms with van der Waals surface area (Å²) in [5, 5.41) is 0. The van der Waals surface area contributed by atoms with Gasteiger partial charge < -0.3 is 0 Å². The Kier molecular flexibility index (Phi) is 3.21. The second-order valence-electron chi connectivity index (χ2n) is 6.00. The van der Waals surface area contributed by atoms with Crippen LogP contribution in [0.25, 0.3) is 39.6 Å². The van der Waals surface area contributed by atoms with Crippen molar-refractivity contribution in [3.8, 4) is 22.8 Å². The van der Waals surface area contributed by atoms with E-state index in [1.165, 1.54) is 0 Å². The van der Waals surface area contributed by atoms with Crippen molar-refractivity contribution < 1.29 is 0 Å². The lowest BCUT2D eigenvalue weighted by molar-refractivity contribution is 1.10. The quantitative estimate of drug-likeness (QED) is 0.491. The molecule has 0 aliphatic carbocycles. The van der Waals surface area contributed by atoms with Gasteiger partial charge in [-0.2, -0.15) is 0 Å². The summed E-state index contributed by atoms with van der Waals surface area (Å²) >= 11 is 0. The van der Waals surface area contributed by atoms with Crippen LogP contribution in [0.1, 0.15) is 5.69 Å². The molecular formula is C20H14N6. The van der Waals surface area contributed by atoms with Gasteiger partial charge in [0.2, 0.25) is 5.78 Å². The molecule has 124 valence electrons. The number of aryl methyl sites for hydroxylation is 1. The first-order chi connectivity index (χ1) is 12.8. The Morgan fingerprint density at radius 1 is 0.731 bits per heavy atom. The van der Waals surface area contributed by atoms with Crippen LogP contribution in [0.5, 0.6) is 0 Å². The van der Waals surface area contributed by atoms with Crippen molar-refractivity contribution in [3.05, 3.63) is 72.8 Å². The number of rotatable bonds is 2. The molecule has 0 unspecified atom stereocenters. The van der Waals surface area contributed by atoms with Crippen LogP contribution in [0.4, 0.5) is 0 Å². The first-order valence-electron chi connectivity index (χ1n) is 8.29. The fourth-order valence-corrected chi connectivity index (χ4v) is 3.07. The zero-order valence-electron chi connectivity index (χ0n) is 14.0. The second kappa shape index (κ2) is 5.70. The third kappa shape index (κ3) is 2.31. The first-order valence-corrected chi connectivity index (χ1v) is 8.29. The highest BCUT2D eigenvalue weighted by Gasteiger charge is 2.18. The largest absolute Gasteiger partial charge is 0.281 e. The third-order valence-electron chi connectivity index (χ3n) is 4.23. The summed E-state index contributed by atoms with van der Waals surface area (Å²) in [5.74, 6) is 0.619. The summed E-state index contributed by atoms with van der Waals surface area (Å²) in [6.07, 6.45) is 5.44. The maximum Gasteiger partial charge on any atom is 0.234 e. The highest BCUT2D eigenvalue weighted by molar-refractivity contribution is 5.82. The molecule has 0 bridgehead atoms. The van der Waals surface area contributed by atoms with Gasteiger partial charge in [0.1, 0.15) is 11.4 Å². The Morgan fingerprint density at radius 3 is 2.58 bits per heavy atom. The van der Waals surface area contributed by atoms with Gasteiger partial charge in [-0.1, -0.05) is 6.07 Å². The van der Waals surface area contributed by atoms with Gasteiger partial charge in [-0.15, -0.1) is 0 Å². The number of pyridine rings is 3. The number of fused-ring (bicyclic) bond motifs is 2. The van der Waals surface area contributed by atoms with Gasteiger partial charge in [-0.05, 0) is 49.4 Å². The van der Waals surface area contributed by atoms with Gasteiger partial charge in [-0.3, -0.25) is 14.4 Å². The minimum absolute atomic E-state index is 0.619. The highest BCUT2D eigenvalue weighted by Crippen LogP contribution is 2.31. The predicted molar refractivity (Wildman–Crippen MR) is 99.5 cm³/mol. The lowest BCUT2D eigenvalue weighted by Gasteiger charge is -2.06. The molecule has 0 saturated carbocycles. The summed E-state index contributed by atoms with van der Waals surface area (Å²) in [5.41, 5.74) is 5.89. The second-order valence-corrected chi connectivity index (χ2v) is 6.00. The Morgan fingerprint density at radius 2 is 1.65 bits per heavy atom. The van der Waals surface area contributed by atoms with Crippen molar-refractivity contribution in [2.75, 3.05) is 0 Å². The summed E-state index contributed by atoms with van der Waals surface area (Å²) < 4.78 is 1.95. The number of hydrogen-bond donors (Lipinski definition) is 0. The summed E-state index contributed by atoms with van der Waals surface area (Å²) in [4.78, 5) is 22.9. The maximum atomic E-state index is 4.80. The van der Waals surface area contributed by atoms with E-state index in [9.17, 15) is 0 Å². The molecule has 26 heavy (non-hydrogen) atoms. The SMILES string of the molecule is Cc1cccc(-c2nc3ncccn3c2-c2ccc3ncccc3n2)n1. The Labute approximate surface area is 149 Å². The average molecular weight is 338 g/mol. The van der Waals surface area contributed by atoms with E-state index >= 15 is 0 Å². The fraction of sp³-hybridized carbons (Fsp3) is 0.0500. The van der Waals surface area contributed by atoms with Crippen LogP contribution in [0.3, 0.4) is 0 Å². The molecule has 0 radical (unpaired) electrons. The summed E-state index contributed by atoms with van der Waals surface area (Å²) in [6.45, 7) is 1.97. The van der Waals surface area contributed by atoms with E-state index in [0.29, 0.717) is 5.78 Å². The number of aromatic nitrogens is 6. The van der Waals surface area contributed by atoms with E-state index in [0.717, 1.165) is 39.5 Å². The molecule has 0 N–H and O–H groups in total. The molecule has 5 heterocycles. The molecule has 6 heteroatoms. The van der Waals surface area contributed by atoms with E-state index < -0.39 is 0 Å². The van der Waals surface area contributed by atoms with E-state index in [-0.39, 0.29) is 0 Å². The van der Waals surface area contributed by atoms with E-state index in [4.69, 9.17) is 9.97 Å². The maximum absolute atomic E-state index is 4.80. The van der Waals surface area contributed by atoms with Crippen molar-refractivity contribution in [2.24, 2.45) is 0 Å². The fourth-order valence-electron chi connectivity index (χ4n) is 3.07. The number of nitrogens with zero attached hydrogens (tertiary/aromatic N) is 6. The monoisotopic (exact) mass is 338 g/mol. The Balaban J connectivity index is 1.83. The van der Waals surface area contributed by atoms with Crippen LogP contribution in [-0.4, -0.2) is 29.3 Å². The molecule has 5 aromatic rings.